The zero-order chi connectivity index (χ0) is 13.3. The Hall–Kier alpha value is -1.22. The third-order valence-electron chi connectivity index (χ3n) is 3.98. The van der Waals surface area contributed by atoms with E-state index in [1.165, 1.54) is 12.8 Å². The zero-order valence-electron chi connectivity index (χ0n) is 10.8. The van der Waals surface area contributed by atoms with Crippen LogP contribution in [0.25, 0.3) is 0 Å². The van der Waals surface area contributed by atoms with Crippen molar-refractivity contribution in [3.05, 3.63) is 28.8 Å². The van der Waals surface area contributed by atoms with Crippen LogP contribution in [-0.2, 0) is 0 Å². The van der Waals surface area contributed by atoms with Crippen molar-refractivity contribution in [1.29, 1.82) is 0 Å². The third kappa shape index (κ3) is 2.61. The van der Waals surface area contributed by atoms with Crippen LogP contribution in [0.4, 0.5) is 5.69 Å². The number of halogens is 1. The van der Waals surface area contributed by atoms with Gasteiger partial charge in [0, 0.05) is 12.1 Å². The molecule has 0 heterocycles. The van der Waals surface area contributed by atoms with Crippen LogP contribution in [0.5, 0.6) is 0 Å². The molecular formula is C14H19ClN2O. The number of rotatable bonds is 4. The van der Waals surface area contributed by atoms with Crippen LogP contribution < -0.4 is 11.1 Å². The van der Waals surface area contributed by atoms with Gasteiger partial charge in [0.05, 0.1) is 10.7 Å². The van der Waals surface area contributed by atoms with Gasteiger partial charge in [-0.3, -0.25) is 4.79 Å². The lowest BCUT2D eigenvalue weighted by atomic mass is 9.92. The fraction of sp³-hybridized carbons (Fsp3) is 0.500. The first kappa shape index (κ1) is 13.2. The first-order valence-corrected chi connectivity index (χ1v) is 6.66. The summed E-state index contributed by atoms with van der Waals surface area (Å²) in [5.41, 5.74) is 7.01. The molecule has 1 fully saturated rings. The van der Waals surface area contributed by atoms with Gasteiger partial charge in [-0.2, -0.15) is 0 Å². The number of carbonyl (C=O) groups excluding carboxylic acids is 1. The Bertz CT molecular complexity index is 467. The summed E-state index contributed by atoms with van der Waals surface area (Å²) in [6.07, 6.45) is 2.40. The lowest BCUT2D eigenvalue weighted by Crippen LogP contribution is -2.32. The van der Waals surface area contributed by atoms with Gasteiger partial charge in [-0.1, -0.05) is 25.4 Å². The Kier molecular flexibility index (Phi) is 3.53. The molecule has 18 heavy (non-hydrogen) atoms. The molecule has 1 amide bonds. The van der Waals surface area contributed by atoms with Crippen molar-refractivity contribution in [3.63, 3.8) is 0 Å². The molecule has 0 bridgehead atoms. The Morgan fingerprint density at radius 1 is 1.50 bits per heavy atom. The molecular weight excluding hydrogens is 248 g/mol. The van der Waals surface area contributed by atoms with Gasteiger partial charge in [-0.05, 0) is 42.4 Å². The fourth-order valence-corrected chi connectivity index (χ4v) is 2.28. The molecule has 1 saturated carbocycles. The standard InChI is InChI=1S/C14H19ClN2O/c1-9(2)14(5-6-14)8-17-13(18)10-3-4-11(15)12(16)7-10/h3-4,7,9H,5-6,8,16H2,1-2H3,(H,17,18). The van der Waals surface area contributed by atoms with Crippen molar-refractivity contribution in [3.8, 4) is 0 Å². The minimum absolute atomic E-state index is 0.0784. The van der Waals surface area contributed by atoms with Crippen molar-refractivity contribution in [2.75, 3.05) is 12.3 Å². The predicted molar refractivity (Wildman–Crippen MR) is 74.7 cm³/mol. The molecule has 3 nitrogen and oxygen atoms in total. The molecule has 3 N–H and O–H groups in total. The molecule has 1 aromatic rings. The highest BCUT2D eigenvalue weighted by atomic mass is 35.5. The van der Waals surface area contributed by atoms with E-state index in [1.54, 1.807) is 18.2 Å². The number of carbonyl (C=O) groups is 1. The molecule has 0 saturated heterocycles. The molecule has 0 aliphatic heterocycles. The number of anilines is 1. The van der Waals surface area contributed by atoms with E-state index in [9.17, 15) is 4.79 Å². The summed E-state index contributed by atoms with van der Waals surface area (Å²) < 4.78 is 0. The van der Waals surface area contributed by atoms with Crippen LogP contribution in [-0.4, -0.2) is 12.5 Å². The smallest absolute Gasteiger partial charge is 0.251 e. The summed E-state index contributed by atoms with van der Waals surface area (Å²) in [6, 6.07) is 4.97. The Labute approximate surface area is 113 Å². The van der Waals surface area contributed by atoms with Gasteiger partial charge >= 0.3 is 0 Å². The predicted octanol–water partition coefficient (Wildman–Crippen LogP) is 3.09. The van der Waals surface area contributed by atoms with Crippen molar-refractivity contribution in [2.24, 2.45) is 11.3 Å². The number of nitrogen functional groups attached to an aromatic ring is 1. The lowest BCUT2D eigenvalue weighted by Gasteiger charge is -2.20. The maximum Gasteiger partial charge on any atom is 0.251 e. The SMILES string of the molecule is CC(C)C1(CNC(=O)c2ccc(Cl)c(N)c2)CC1. The molecule has 4 heteroatoms. The van der Waals surface area contributed by atoms with Crippen LogP contribution in [0.2, 0.25) is 5.02 Å². The van der Waals surface area contributed by atoms with Gasteiger partial charge in [0.1, 0.15) is 0 Å². The zero-order valence-corrected chi connectivity index (χ0v) is 11.6. The summed E-state index contributed by atoms with van der Waals surface area (Å²) in [5.74, 6) is 0.526. The normalized spacial score (nSPS) is 16.7. The Morgan fingerprint density at radius 3 is 2.67 bits per heavy atom. The van der Waals surface area contributed by atoms with Crippen LogP contribution >= 0.6 is 11.6 Å². The molecule has 0 unspecified atom stereocenters. The quantitative estimate of drug-likeness (QED) is 0.823. The van der Waals surface area contributed by atoms with E-state index in [4.69, 9.17) is 17.3 Å². The summed E-state index contributed by atoms with van der Waals surface area (Å²) in [6.45, 7) is 5.16. The molecule has 0 aromatic heterocycles. The maximum absolute atomic E-state index is 12.0. The average molecular weight is 267 g/mol. The summed E-state index contributed by atoms with van der Waals surface area (Å²) in [5, 5.41) is 3.47. The van der Waals surface area contributed by atoms with Crippen LogP contribution in [0.3, 0.4) is 0 Å². The molecule has 98 valence electrons. The minimum Gasteiger partial charge on any atom is -0.398 e. The number of hydrogen-bond acceptors (Lipinski definition) is 2. The van der Waals surface area contributed by atoms with Crippen molar-refractivity contribution >= 4 is 23.2 Å². The topological polar surface area (TPSA) is 55.1 Å². The number of nitrogens with one attached hydrogen (secondary N) is 1. The van der Waals surface area contributed by atoms with Gasteiger partial charge in [0.2, 0.25) is 0 Å². The fourth-order valence-electron chi connectivity index (χ4n) is 2.16. The average Bonchev–Trinajstić information content (AvgIpc) is 3.11. The number of hydrogen-bond donors (Lipinski definition) is 2. The molecule has 2 rings (SSSR count). The van der Waals surface area contributed by atoms with Crippen LogP contribution in [0, 0.1) is 11.3 Å². The van der Waals surface area contributed by atoms with Crippen LogP contribution in [0.15, 0.2) is 18.2 Å². The Morgan fingerprint density at radius 2 is 2.17 bits per heavy atom. The monoisotopic (exact) mass is 266 g/mol. The van der Waals surface area contributed by atoms with Crippen molar-refractivity contribution < 1.29 is 4.79 Å². The second-order valence-corrected chi connectivity index (χ2v) is 5.84. The van der Waals surface area contributed by atoms with E-state index in [0.29, 0.717) is 27.6 Å². The molecule has 0 atom stereocenters. The summed E-state index contributed by atoms with van der Waals surface area (Å²) in [4.78, 5) is 12.0. The largest absolute Gasteiger partial charge is 0.398 e. The molecule has 0 radical (unpaired) electrons. The van der Waals surface area contributed by atoms with Gasteiger partial charge in [0.25, 0.3) is 5.91 Å². The maximum atomic E-state index is 12.0. The van der Waals surface area contributed by atoms with E-state index in [2.05, 4.69) is 19.2 Å². The second kappa shape index (κ2) is 4.81. The first-order chi connectivity index (χ1) is 8.44. The third-order valence-corrected chi connectivity index (χ3v) is 4.32. The number of amides is 1. The molecule has 1 aromatic carbocycles. The number of benzene rings is 1. The van der Waals surface area contributed by atoms with E-state index in [-0.39, 0.29) is 5.91 Å². The van der Waals surface area contributed by atoms with Gasteiger partial charge in [-0.15, -0.1) is 0 Å². The Balaban J connectivity index is 1.98. The van der Waals surface area contributed by atoms with E-state index >= 15 is 0 Å². The highest BCUT2D eigenvalue weighted by Crippen LogP contribution is 2.51. The highest BCUT2D eigenvalue weighted by Gasteiger charge is 2.45. The van der Waals surface area contributed by atoms with Gasteiger partial charge in [-0.25, -0.2) is 0 Å². The molecule has 0 spiro atoms. The van der Waals surface area contributed by atoms with Gasteiger partial charge < -0.3 is 11.1 Å². The van der Waals surface area contributed by atoms with Crippen molar-refractivity contribution in [2.45, 2.75) is 26.7 Å². The second-order valence-electron chi connectivity index (χ2n) is 5.44. The first-order valence-electron chi connectivity index (χ1n) is 6.28. The van der Waals surface area contributed by atoms with Crippen molar-refractivity contribution in [1.82, 2.24) is 5.32 Å². The van der Waals surface area contributed by atoms with Gasteiger partial charge in [0.15, 0.2) is 0 Å². The minimum atomic E-state index is -0.0784. The molecule has 1 aliphatic carbocycles. The summed E-state index contributed by atoms with van der Waals surface area (Å²) >= 11 is 5.83. The highest BCUT2D eigenvalue weighted by molar-refractivity contribution is 6.33. The van der Waals surface area contributed by atoms with E-state index < -0.39 is 0 Å². The number of nitrogens with two attached hydrogens (primary N) is 1. The molecule has 1 aliphatic rings. The lowest BCUT2D eigenvalue weighted by molar-refractivity contribution is 0.0940. The van der Waals surface area contributed by atoms with E-state index in [1.807, 2.05) is 0 Å². The van der Waals surface area contributed by atoms with E-state index in [0.717, 1.165) is 6.54 Å². The van der Waals surface area contributed by atoms with Crippen LogP contribution in [0.1, 0.15) is 37.0 Å². The summed E-state index contributed by atoms with van der Waals surface area (Å²) in [7, 11) is 0.